The summed E-state index contributed by atoms with van der Waals surface area (Å²) in [5.74, 6) is -2.43. The molecule has 2 N–H and O–H groups in total. The van der Waals surface area contributed by atoms with E-state index in [1.54, 1.807) is 0 Å². The van der Waals surface area contributed by atoms with Gasteiger partial charge in [0, 0.05) is 10.3 Å². The van der Waals surface area contributed by atoms with Gasteiger partial charge >= 0.3 is 12.1 Å². The van der Waals surface area contributed by atoms with Crippen molar-refractivity contribution in [2.24, 2.45) is 5.92 Å². The van der Waals surface area contributed by atoms with Crippen LogP contribution >= 0.6 is 11.3 Å². The Morgan fingerprint density at radius 2 is 1.96 bits per heavy atom. The number of amides is 1. The fourth-order valence-corrected chi connectivity index (χ4v) is 3.76. The van der Waals surface area contributed by atoms with Crippen LogP contribution in [0.3, 0.4) is 0 Å². The highest BCUT2D eigenvalue weighted by atomic mass is 32.1. The van der Waals surface area contributed by atoms with Gasteiger partial charge in [-0.05, 0) is 24.8 Å². The van der Waals surface area contributed by atoms with Gasteiger partial charge in [-0.25, -0.2) is 4.79 Å². The van der Waals surface area contributed by atoms with Crippen molar-refractivity contribution in [2.45, 2.75) is 50.7 Å². The molecule has 1 aliphatic rings. The van der Waals surface area contributed by atoms with E-state index in [9.17, 15) is 22.8 Å². The minimum atomic E-state index is -4.47. The van der Waals surface area contributed by atoms with Crippen molar-refractivity contribution in [1.82, 2.24) is 5.32 Å². The number of thiophene rings is 1. The molecular weight excluding hydrogens is 331 g/mol. The highest BCUT2D eigenvalue weighted by Gasteiger charge is 2.45. The SMILES string of the molecule is O=C(Cc1cc(C(=O)O)cs1)NC(C1CCCCC1)C(F)(F)F. The predicted molar refractivity (Wildman–Crippen MR) is 79.5 cm³/mol. The summed E-state index contributed by atoms with van der Waals surface area (Å²) in [6.45, 7) is 0. The van der Waals surface area contributed by atoms with Gasteiger partial charge in [0.25, 0.3) is 0 Å². The summed E-state index contributed by atoms with van der Waals surface area (Å²) in [5, 5.41) is 12.3. The van der Waals surface area contributed by atoms with Crippen LogP contribution in [0.5, 0.6) is 0 Å². The lowest BCUT2D eigenvalue weighted by atomic mass is 9.83. The third-order valence-corrected chi connectivity index (χ3v) is 4.96. The average Bonchev–Trinajstić information content (AvgIpc) is 2.93. The molecule has 1 aromatic heterocycles. The summed E-state index contributed by atoms with van der Waals surface area (Å²) in [6.07, 6.45) is -1.35. The number of rotatable bonds is 5. The van der Waals surface area contributed by atoms with Crippen LogP contribution in [0.4, 0.5) is 13.2 Å². The minimum Gasteiger partial charge on any atom is -0.478 e. The van der Waals surface area contributed by atoms with Crippen molar-refractivity contribution in [3.05, 3.63) is 21.9 Å². The maximum atomic E-state index is 13.2. The van der Waals surface area contributed by atoms with Gasteiger partial charge in [0.05, 0.1) is 12.0 Å². The fraction of sp³-hybridized carbons (Fsp3) is 0.600. The summed E-state index contributed by atoms with van der Waals surface area (Å²) < 4.78 is 39.7. The first-order chi connectivity index (χ1) is 10.8. The highest BCUT2D eigenvalue weighted by molar-refractivity contribution is 7.10. The Hall–Kier alpha value is -1.57. The Labute approximate surface area is 135 Å². The molecule has 0 bridgehead atoms. The molecule has 1 aromatic rings. The third kappa shape index (κ3) is 4.95. The van der Waals surface area contributed by atoms with Gasteiger partial charge in [-0.2, -0.15) is 13.2 Å². The zero-order chi connectivity index (χ0) is 17.0. The number of hydrogen-bond acceptors (Lipinski definition) is 3. The summed E-state index contributed by atoms with van der Waals surface area (Å²) in [7, 11) is 0. The van der Waals surface area contributed by atoms with Crippen molar-refractivity contribution in [2.75, 3.05) is 0 Å². The van der Waals surface area contributed by atoms with Crippen LogP contribution in [0, 0.1) is 5.92 Å². The number of halogens is 3. The average molecular weight is 349 g/mol. The smallest absolute Gasteiger partial charge is 0.408 e. The number of nitrogens with one attached hydrogen (secondary N) is 1. The molecule has 1 amide bonds. The highest BCUT2D eigenvalue weighted by Crippen LogP contribution is 2.34. The fourth-order valence-electron chi connectivity index (χ4n) is 2.90. The van der Waals surface area contributed by atoms with Crippen LogP contribution in [-0.4, -0.2) is 29.2 Å². The monoisotopic (exact) mass is 349 g/mol. The first-order valence-electron chi connectivity index (χ1n) is 7.44. The van der Waals surface area contributed by atoms with Crippen LogP contribution in [0.1, 0.15) is 47.3 Å². The van der Waals surface area contributed by atoms with E-state index in [4.69, 9.17) is 5.11 Å². The standard InChI is InChI=1S/C15H18F3NO3S/c16-15(17,18)13(9-4-2-1-3-5-9)19-12(20)7-11-6-10(8-23-11)14(21)22/h6,8-9,13H,1-5,7H2,(H,19,20)(H,21,22). The Bertz CT molecular complexity index is 565. The lowest BCUT2D eigenvalue weighted by molar-refractivity contribution is -0.174. The third-order valence-electron chi connectivity index (χ3n) is 4.03. The van der Waals surface area contributed by atoms with E-state index in [1.807, 2.05) is 0 Å². The molecule has 8 heteroatoms. The minimum absolute atomic E-state index is 0.0393. The molecule has 0 aromatic carbocycles. The zero-order valence-electron chi connectivity index (χ0n) is 12.4. The molecule has 1 saturated carbocycles. The number of carbonyl (C=O) groups excluding carboxylic acids is 1. The molecule has 1 aliphatic carbocycles. The van der Waals surface area contributed by atoms with Crippen LogP contribution in [0.25, 0.3) is 0 Å². The number of carbonyl (C=O) groups is 2. The molecule has 1 atom stereocenters. The van der Waals surface area contributed by atoms with Gasteiger partial charge in [0.15, 0.2) is 0 Å². The van der Waals surface area contributed by atoms with Crippen molar-refractivity contribution in [3.8, 4) is 0 Å². The van der Waals surface area contributed by atoms with E-state index < -0.39 is 30.0 Å². The Morgan fingerprint density at radius 1 is 1.30 bits per heavy atom. The van der Waals surface area contributed by atoms with Crippen molar-refractivity contribution < 1.29 is 27.9 Å². The second-order valence-electron chi connectivity index (χ2n) is 5.77. The van der Waals surface area contributed by atoms with Crippen LogP contribution in [0.2, 0.25) is 0 Å². The molecule has 1 heterocycles. The normalized spacial score (nSPS) is 17.7. The lowest BCUT2D eigenvalue weighted by Gasteiger charge is -2.32. The molecule has 0 saturated heterocycles. The van der Waals surface area contributed by atoms with Gasteiger partial charge in [0.1, 0.15) is 6.04 Å². The van der Waals surface area contributed by atoms with Gasteiger partial charge < -0.3 is 10.4 Å². The van der Waals surface area contributed by atoms with Crippen molar-refractivity contribution in [1.29, 1.82) is 0 Å². The molecule has 1 fully saturated rings. The second kappa shape index (κ2) is 7.33. The van der Waals surface area contributed by atoms with E-state index in [0.717, 1.165) is 30.6 Å². The molecule has 2 rings (SSSR count). The van der Waals surface area contributed by atoms with E-state index in [0.29, 0.717) is 17.7 Å². The molecule has 0 radical (unpaired) electrons. The largest absolute Gasteiger partial charge is 0.478 e. The second-order valence-corrected chi connectivity index (χ2v) is 6.76. The maximum absolute atomic E-state index is 13.2. The predicted octanol–water partition coefficient (Wildman–Crippen LogP) is 3.62. The van der Waals surface area contributed by atoms with Crippen molar-refractivity contribution >= 4 is 23.2 Å². The zero-order valence-corrected chi connectivity index (χ0v) is 13.2. The van der Waals surface area contributed by atoms with E-state index in [-0.39, 0.29) is 12.0 Å². The topological polar surface area (TPSA) is 66.4 Å². The number of hydrogen-bond donors (Lipinski definition) is 2. The molecule has 0 aliphatic heterocycles. The molecular formula is C15H18F3NO3S. The van der Waals surface area contributed by atoms with Gasteiger partial charge in [0.2, 0.25) is 5.91 Å². The van der Waals surface area contributed by atoms with Gasteiger partial charge in [-0.1, -0.05) is 19.3 Å². The van der Waals surface area contributed by atoms with Crippen molar-refractivity contribution in [3.63, 3.8) is 0 Å². The first-order valence-corrected chi connectivity index (χ1v) is 8.32. The number of carboxylic acids is 1. The van der Waals surface area contributed by atoms with E-state index in [2.05, 4.69) is 5.32 Å². The first kappa shape index (κ1) is 17.8. The van der Waals surface area contributed by atoms with E-state index >= 15 is 0 Å². The maximum Gasteiger partial charge on any atom is 0.408 e. The summed E-state index contributed by atoms with van der Waals surface area (Å²) in [6, 6.07) is -0.510. The van der Waals surface area contributed by atoms with Gasteiger partial charge in [-0.3, -0.25) is 4.79 Å². The molecule has 23 heavy (non-hydrogen) atoms. The summed E-state index contributed by atoms with van der Waals surface area (Å²) >= 11 is 1.05. The number of aromatic carboxylic acids is 1. The van der Waals surface area contributed by atoms with Crippen LogP contribution < -0.4 is 5.32 Å². The molecule has 1 unspecified atom stereocenters. The van der Waals surface area contributed by atoms with Gasteiger partial charge in [-0.15, -0.1) is 11.3 Å². The number of alkyl halides is 3. The molecule has 0 spiro atoms. The quantitative estimate of drug-likeness (QED) is 0.853. The van der Waals surface area contributed by atoms with E-state index in [1.165, 1.54) is 11.4 Å². The Kier molecular flexibility index (Phi) is 5.67. The summed E-state index contributed by atoms with van der Waals surface area (Å²) in [5.41, 5.74) is 0.0393. The molecule has 4 nitrogen and oxygen atoms in total. The lowest BCUT2D eigenvalue weighted by Crippen LogP contribution is -2.51. The van der Waals surface area contributed by atoms with Crippen LogP contribution in [0.15, 0.2) is 11.4 Å². The Morgan fingerprint density at radius 3 is 2.48 bits per heavy atom. The number of carboxylic acid groups (broad SMARTS) is 1. The summed E-state index contributed by atoms with van der Waals surface area (Å²) in [4.78, 5) is 23.1. The Balaban J connectivity index is 2.00. The molecule has 128 valence electrons. The van der Waals surface area contributed by atoms with Crippen LogP contribution in [-0.2, 0) is 11.2 Å².